The van der Waals surface area contributed by atoms with E-state index in [4.69, 9.17) is 10.5 Å². The first kappa shape index (κ1) is 14.8. The summed E-state index contributed by atoms with van der Waals surface area (Å²) in [6.45, 7) is 6.16. The van der Waals surface area contributed by atoms with Gasteiger partial charge in [0.25, 0.3) is 0 Å². The van der Waals surface area contributed by atoms with Crippen molar-refractivity contribution in [2.24, 2.45) is 5.73 Å². The molecule has 0 aliphatic rings. The van der Waals surface area contributed by atoms with Crippen LogP contribution in [0.25, 0.3) is 0 Å². The summed E-state index contributed by atoms with van der Waals surface area (Å²) in [6.07, 6.45) is 0.809. The molecule has 0 rings (SSSR count). The van der Waals surface area contributed by atoms with Crippen molar-refractivity contribution in [1.29, 1.82) is 0 Å². The van der Waals surface area contributed by atoms with Crippen molar-refractivity contribution in [1.82, 2.24) is 4.72 Å². The van der Waals surface area contributed by atoms with E-state index in [9.17, 15) is 8.42 Å². The van der Waals surface area contributed by atoms with Gasteiger partial charge in [0.15, 0.2) is 0 Å². The summed E-state index contributed by atoms with van der Waals surface area (Å²) < 4.78 is 30.4. The number of hydrogen-bond donors (Lipinski definition) is 2. The summed E-state index contributed by atoms with van der Waals surface area (Å²) in [5.74, 6) is -0.0123. The Morgan fingerprint density at radius 3 is 2.47 bits per heavy atom. The molecule has 0 aliphatic carbocycles. The van der Waals surface area contributed by atoms with E-state index in [1.54, 1.807) is 0 Å². The average Bonchev–Trinajstić information content (AvgIpc) is 2.13. The molecule has 0 fully saturated rings. The molecule has 0 radical (unpaired) electrons. The van der Waals surface area contributed by atoms with Gasteiger partial charge in [-0.25, -0.2) is 13.1 Å². The van der Waals surface area contributed by atoms with Gasteiger partial charge in [-0.3, -0.25) is 0 Å². The molecule has 15 heavy (non-hydrogen) atoms. The van der Waals surface area contributed by atoms with Gasteiger partial charge in [0.05, 0.1) is 18.5 Å². The minimum atomic E-state index is -3.24. The van der Waals surface area contributed by atoms with Crippen molar-refractivity contribution in [3.8, 4) is 0 Å². The van der Waals surface area contributed by atoms with Crippen LogP contribution in [0, 0.1) is 0 Å². The van der Waals surface area contributed by atoms with Crippen LogP contribution in [0.2, 0.25) is 0 Å². The molecular weight excluding hydrogens is 216 g/mol. The topological polar surface area (TPSA) is 81.4 Å². The third kappa shape index (κ3) is 8.80. The maximum atomic E-state index is 11.4. The summed E-state index contributed by atoms with van der Waals surface area (Å²) in [7, 11) is -3.24. The molecule has 0 bridgehead atoms. The molecule has 3 N–H and O–H groups in total. The van der Waals surface area contributed by atoms with Crippen LogP contribution < -0.4 is 10.5 Å². The molecule has 0 saturated heterocycles. The van der Waals surface area contributed by atoms with Crippen LogP contribution in [-0.2, 0) is 14.8 Å². The zero-order valence-electron chi connectivity index (χ0n) is 9.69. The van der Waals surface area contributed by atoms with Crippen molar-refractivity contribution < 1.29 is 13.2 Å². The molecule has 1 atom stereocenters. The highest BCUT2D eigenvalue weighted by Gasteiger charge is 2.11. The molecule has 0 aromatic carbocycles. The number of ether oxygens (including phenoxy) is 1. The maximum Gasteiger partial charge on any atom is 0.213 e. The number of nitrogens with one attached hydrogen (secondary N) is 1. The van der Waals surface area contributed by atoms with Crippen LogP contribution in [0.15, 0.2) is 0 Å². The molecule has 6 heteroatoms. The lowest BCUT2D eigenvalue weighted by Crippen LogP contribution is -2.38. The Labute approximate surface area is 92.4 Å². The fourth-order valence-corrected chi connectivity index (χ4v) is 1.77. The van der Waals surface area contributed by atoms with E-state index < -0.39 is 10.0 Å². The summed E-state index contributed by atoms with van der Waals surface area (Å²) in [5.41, 5.74) is 5.60. The molecule has 0 amide bonds. The smallest absolute Gasteiger partial charge is 0.213 e. The van der Waals surface area contributed by atoms with Crippen molar-refractivity contribution >= 4 is 10.0 Å². The van der Waals surface area contributed by atoms with Crippen LogP contribution in [-0.4, -0.2) is 39.5 Å². The SMILES string of the molecule is CCC(N)CNS(=O)(=O)CCOC(C)C. The molecule has 0 spiro atoms. The Bertz CT molecular complexity index is 252. The van der Waals surface area contributed by atoms with E-state index in [0.29, 0.717) is 6.54 Å². The summed E-state index contributed by atoms with van der Waals surface area (Å²) in [5, 5.41) is 0. The first-order chi connectivity index (χ1) is 6.87. The average molecular weight is 238 g/mol. The Morgan fingerprint density at radius 1 is 1.40 bits per heavy atom. The van der Waals surface area contributed by atoms with Crippen LogP contribution >= 0.6 is 0 Å². The van der Waals surface area contributed by atoms with E-state index in [0.717, 1.165) is 6.42 Å². The standard InChI is InChI=1S/C9H22N2O3S/c1-4-9(10)7-11-15(12,13)6-5-14-8(2)3/h8-9,11H,4-7,10H2,1-3H3. The van der Waals surface area contributed by atoms with Crippen molar-refractivity contribution in [2.45, 2.75) is 39.3 Å². The van der Waals surface area contributed by atoms with Gasteiger partial charge in [0, 0.05) is 12.6 Å². The first-order valence-electron chi connectivity index (χ1n) is 5.22. The lowest BCUT2D eigenvalue weighted by atomic mass is 10.2. The Kier molecular flexibility index (Phi) is 7.08. The summed E-state index contributed by atoms with van der Waals surface area (Å²) in [4.78, 5) is 0. The second-order valence-electron chi connectivity index (χ2n) is 3.76. The van der Waals surface area contributed by atoms with Crippen LogP contribution in [0.3, 0.4) is 0 Å². The van der Waals surface area contributed by atoms with Gasteiger partial charge in [-0.05, 0) is 20.3 Å². The number of hydrogen-bond acceptors (Lipinski definition) is 4. The van der Waals surface area contributed by atoms with E-state index in [-0.39, 0.29) is 24.5 Å². The molecule has 1 unspecified atom stereocenters. The van der Waals surface area contributed by atoms with Gasteiger partial charge < -0.3 is 10.5 Å². The largest absolute Gasteiger partial charge is 0.378 e. The van der Waals surface area contributed by atoms with E-state index in [1.165, 1.54) is 0 Å². The molecular formula is C9H22N2O3S. The van der Waals surface area contributed by atoms with Crippen LogP contribution in [0.5, 0.6) is 0 Å². The highest BCUT2D eigenvalue weighted by atomic mass is 32.2. The maximum absolute atomic E-state index is 11.4. The normalized spacial score (nSPS) is 14.5. The number of nitrogens with two attached hydrogens (primary N) is 1. The molecule has 92 valence electrons. The molecule has 0 saturated carbocycles. The van der Waals surface area contributed by atoms with E-state index in [1.807, 2.05) is 20.8 Å². The number of rotatable bonds is 8. The predicted molar refractivity (Wildman–Crippen MR) is 61.1 cm³/mol. The fraction of sp³-hybridized carbons (Fsp3) is 1.00. The van der Waals surface area contributed by atoms with Gasteiger partial charge in [0.2, 0.25) is 10.0 Å². The first-order valence-corrected chi connectivity index (χ1v) is 6.87. The Balaban J connectivity index is 3.78. The predicted octanol–water partition coefficient (Wildman–Crippen LogP) is 0.0681. The third-order valence-corrected chi connectivity index (χ3v) is 3.20. The minimum absolute atomic E-state index is 0.0123. The summed E-state index contributed by atoms with van der Waals surface area (Å²) >= 11 is 0. The second-order valence-corrected chi connectivity index (χ2v) is 5.68. The van der Waals surface area contributed by atoms with Crippen LogP contribution in [0.4, 0.5) is 0 Å². The minimum Gasteiger partial charge on any atom is -0.378 e. The number of sulfonamides is 1. The van der Waals surface area contributed by atoms with E-state index >= 15 is 0 Å². The van der Waals surface area contributed by atoms with Crippen molar-refractivity contribution in [2.75, 3.05) is 18.9 Å². The quantitative estimate of drug-likeness (QED) is 0.627. The van der Waals surface area contributed by atoms with Gasteiger partial charge >= 0.3 is 0 Å². The highest BCUT2D eigenvalue weighted by molar-refractivity contribution is 7.89. The van der Waals surface area contributed by atoms with Gasteiger partial charge in [-0.2, -0.15) is 0 Å². The zero-order valence-corrected chi connectivity index (χ0v) is 10.5. The second kappa shape index (κ2) is 7.16. The molecule has 0 aliphatic heterocycles. The Hall–Kier alpha value is -0.170. The molecule has 0 aromatic heterocycles. The monoisotopic (exact) mass is 238 g/mol. The Morgan fingerprint density at radius 2 is 2.00 bits per heavy atom. The van der Waals surface area contributed by atoms with Crippen LogP contribution in [0.1, 0.15) is 27.2 Å². The lowest BCUT2D eigenvalue weighted by molar-refractivity contribution is 0.0911. The summed E-state index contributed by atoms with van der Waals surface area (Å²) in [6, 6.07) is -0.120. The van der Waals surface area contributed by atoms with Gasteiger partial charge in [0.1, 0.15) is 0 Å². The molecule has 5 nitrogen and oxygen atoms in total. The van der Waals surface area contributed by atoms with Crippen molar-refractivity contribution in [3.05, 3.63) is 0 Å². The zero-order chi connectivity index (χ0) is 11.9. The van der Waals surface area contributed by atoms with Crippen molar-refractivity contribution in [3.63, 3.8) is 0 Å². The lowest BCUT2D eigenvalue weighted by Gasteiger charge is -2.11. The van der Waals surface area contributed by atoms with Gasteiger partial charge in [-0.1, -0.05) is 6.92 Å². The third-order valence-electron chi connectivity index (χ3n) is 1.89. The molecule has 0 aromatic rings. The fourth-order valence-electron chi connectivity index (χ4n) is 0.844. The van der Waals surface area contributed by atoms with E-state index in [2.05, 4.69) is 4.72 Å². The highest BCUT2D eigenvalue weighted by Crippen LogP contribution is 1.92. The molecule has 0 heterocycles. The van der Waals surface area contributed by atoms with Gasteiger partial charge in [-0.15, -0.1) is 0 Å².